The van der Waals surface area contributed by atoms with E-state index in [2.05, 4.69) is 67.7 Å². The average molecular weight is 468 g/mol. The van der Waals surface area contributed by atoms with Crippen molar-refractivity contribution in [3.63, 3.8) is 0 Å². The molecular formula is C26H42ClNO4. The van der Waals surface area contributed by atoms with Crippen LogP contribution in [0.15, 0.2) is 60.8 Å². The van der Waals surface area contributed by atoms with E-state index in [0.717, 1.165) is 44.9 Å². The fourth-order valence-corrected chi connectivity index (χ4v) is 2.40. The maximum absolute atomic E-state index is 11.6. The van der Waals surface area contributed by atoms with Gasteiger partial charge >= 0.3 is 11.9 Å². The van der Waals surface area contributed by atoms with Crippen LogP contribution in [-0.2, 0) is 19.1 Å². The highest BCUT2D eigenvalue weighted by atomic mass is 35.5. The maximum atomic E-state index is 11.6. The van der Waals surface area contributed by atoms with Gasteiger partial charge in [-0.3, -0.25) is 4.79 Å². The third-order valence-corrected chi connectivity index (χ3v) is 3.95. The van der Waals surface area contributed by atoms with Gasteiger partial charge in [0, 0.05) is 6.42 Å². The zero-order chi connectivity index (χ0) is 23.2. The van der Waals surface area contributed by atoms with Gasteiger partial charge in [0.05, 0.1) is 21.1 Å². The summed E-state index contributed by atoms with van der Waals surface area (Å²) in [6.45, 7) is 2.07. The number of ether oxygens (including phenoxy) is 2. The number of likely N-dealkylation sites (N-methyl/N-ethyl adjacent to an activating group) is 1. The van der Waals surface area contributed by atoms with Gasteiger partial charge in [0.15, 0.2) is 6.54 Å². The number of allylic oxidation sites excluding steroid dienone is 10. The number of quaternary nitrogens is 1. The van der Waals surface area contributed by atoms with Crippen LogP contribution in [0.4, 0.5) is 0 Å². The molecule has 32 heavy (non-hydrogen) atoms. The van der Waals surface area contributed by atoms with Crippen molar-refractivity contribution in [2.24, 2.45) is 0 Å². The fraction of sp³-hybridized carbons (Fsp3) is 0.538. The summed E-state index contributed by atoms with van der Waals surface area (Å²) in [4.78, 5) is 23.1. The number of carbonyl (C=O) groups is 2. The third-order valence-electron chi connectivity index (χ3n) is 3.95. The molecule has 0 unspecified atom stereocenters. The van der Waals surface area contributed by atoms with Crippen molar-refractivity contribution >= 4 is 11.9 Å². The quantitative estimate of drug-likeness (QED) is 0.108. The minimum Gasteiger partial charge on any atom is -1.00 e. The van der Waals surface area contributed by atoms with Crippen molar-refractivity contribution in [1.82, 2.24) is 0 Å². The molecule has 0 aromatic rings. The second-order valence-electron chi connectivity index (χ2n) is 8.20. The van der Waals surface area contributed by atoms with E-state index in [1.165, 1.54) is 0 Å². The first-order valence-corrected chi connectivity index (χ1v) is 11.2. The van der Waals surface area contributed by atoms with Gasteiger partial charge in [-0.2, -0.15) is 0 Å². The van der Waals surface area contributed by atoms with E-state index in [0.29, 0.717) is 10.9 Å². The number of hydrogen-bond donors (Lipinski definition) is 0. The van der Waals surface area contributed by atoms with Crippen LogP contribution >= 0.6 is 0 Å². The Balaban J connectivity index is 0. The zero-order valence-corrected chi connectivity index (χ0v) is 21.1. The van der Waals surface area contributed by atoms with E-state index in [4.69, 9.17) is 9.47 Å². The van der Waals surface area contributed by atoms with Crippen LogP contribution < -0.4 is 12.4 Å². The molecule has 0 aromatic heterocycles. The average Bonchev–Trinajstić information content (AvgIpc) is 2.69. The van der Waals surface area contributed by atoms with Crippen LogP contribution in [0.25, 0.3) is 0 Å². The summed E-state index contributed by atoms with van der Waals surface area (Å²) in [5.74, 6) is -0.718. The van der Waals surface area contributed by atoms with Crippen molar-refractivity contribution in [2.45, 2.75) is 58.3 Å². The largest absolute Gasteiger partial charge is 1.00 e. The Bertz CT molecular complexity index is 628. The highest BCUT2D eigenvalue weighted by Crippen LogP contribution is 2.01. The molecule has 0 atom stereocenters. The molecule has 0 amide bonds. The zero-order valence-electron chi connectivity index (χ0n) is 20.3. The van der Waals surface area contributed by atoms with Crippen molar-refractivity contribution < 1.29 is 36.0 Å². The predicted molar refractivity (Wildman–Crippen MR) is 128 cm³/mol. The standard InChI is InChI=1S/C26H42NO4.ClH/c1-5-6-7-8-9-10-11-12-13-14-15-16-17-18-19-20-21-22-25(28)30-24-31-26(29)23-27(2,3)4;/h6-7,9-10,12-13,15-16,18-19H,5,8,11,14,17,20-24H2,1-4H3;1H/q+1;/p-1/b7-6-,10-9-,13-12-,16-15-,19-18-;. The first-order valence-electron chi connectivity index (χ1n) is 11.2. The van der Waals surface area contributed by atoms with Crippen molar-refractivity contribution in [3.8, 4) is 0 Å². The summed E-state index contributed by atoms with van der Waals surface area (Å²) in [6.07, 6.45) is 28.4. The Kier molecular flexibility index (Phi) is 22.1. The number of esters is 2. The lowest BCUT2D eigenvalue weighted by Crippen LogP contribution is -3.00. The van der Waals surface area contributed by atoms with Gasteiger partial charge in [-0.05, 0) is 44.9 Å². The van der Waals surface area contributed by atoms with Gasteiger partial charge in [0.25, 0.3) is 0 Å². The number of rotatable bonds is 17. The second-order valence-corrected chi connectivity index (χ2v) is 8.20. The smallest absolute Gasteiger partial charge is 0.364 e. The van der Waals surface area contributed by atoms with E-state index < -0.39 is 0 Å². The van der Waals surface area contributed by atoms with E-state index in [9.17, 15) is 9.59 Å². The van der Waals surface area contributed by atoms with Gasteiger partial charge in [-0.25, -0.2) is 4.79 Å². The maximum Gasteiger partial charge on any atom is 0.364 e. The van der Waals surface area contributed by atoms with E-state index in [-0.39, 0.29) is 37.7 Å². The molecule has 0 bridgehead atoms. The van der Waals surface area contributed by atoms with Crippen molar-refractivity contribution in [1.29, 1.82) is 0 Å². The van der Waals surface area contributed by atoms with Gasteiger partial charge in [-0.15, -0.1) is 0 Å². The Morgan fingerprint density at radius 1 is 0.688 bits per heavy atom. The molecule has 0 saturated carbocycles. The molecule has 0 N–H and O–H groups in total. The topological polar surface area (TPSA) is 52.6 Å². The molecule has 0 fully saturated rings. The summed E-state index contributed by atoms with van der Waals surface area (Å²) >= 11 is 0. The molecule has 5 nitrogen and oxygen atoms in total. The highest BCUT2D eigenvalue weighted by Gasteiger charge is 2.15. The molecule has 182 valence electrons. The lowest BCUT2D eigenvalue weighted by atomic mass is 10.2. The molecule has 0 spiro atoms. The summed E-state index contributed by atoms with van der Waals surface area (Å²) in [5, 5.41) is 0. The number of carbonyl (C=O) groups excluding carboxylic acids is 2. The molecule has 0 aromatic carbocycles. The monoisotopic (exact) mass is 467 g/mol. The van der Waals surface area contributed by atoms with Crippen molar-refractivity contribution in [2.75, 3.05) is 34.5 Å². The van der Waals surface area contributed by atoms with Crippen LogP contribution in [-0.4, -0.2) is 50.9 Å². The first kappa shape index (κ1) is 32.1. The molecule has 0 aliphatic carbocycles. The van der Waals surface area contributed by atoms with Crippen LogP contribution in [0, 0.1) is 0 Å². The lowest BCUT2D eigenvalue weighted by Gasteiger charge is -2.22. The second kappa shape index (κ2) is 22.1. The van der Waals surface area contributed by atoms with Gasteiger partial charge in [-0.1, -0.05) is 67.7 Å². The molecule has 6 heteroatoms. The molecule has 0 aliphatic rings. The SMILES string of the molecule is CC/C=C\C/C=C\C/C=C\C/C=C\C/C=C\CCCC(=O)OCOC(=O)C[N+](C)(C)C.[Cl-]. The number of unbranched alkanes of at least 4 members (excludes halogenated alkanes) is 1. The number of hydrogen-bond acceptors (Lipinski definition) is 4. The molecule has 0 rings (SSSR count). The van der Waals surface area contributed by atoms with Crippen LogP contribution in [0.2, 0.25) is 0 Å². The summed E-state index contributed by atoms with van der Waals surface area (Å²) < 4.78 is 10.3. The first-order chi connectivity index (χ1) is 14.8. The van der Waals surface area contributed by atoms with E-state index >= 15 is 0 Å². The summed E-state index contributed by atoms with van der Waals surface area (Å²) in [6, 6.07) is 0. The normalized spacial score (nSPS) is 12.4. The molecule has 0 aliphatic heterocycles. The minimum absolute atomic E-state index is 0. The number of nitrogens with zero attached hydrogens (tertiary/aromatic N) is 1. The van der Waals surface area contributed by atoms with Gasteiger partial charge < -0.3 is 26.4 Å². The van der Waals surface area contributed by atoms with E-state index in [1.807, 2.05) is 21.1 Å². The lowest BCUT2D eigenvalue weighted by molar-refractivity contribution is -0.862. The van der Waals surface area contributed by atoms with Crippen molar-refractivity contribution in [3.05, 3.63) is 60.8 Å². The summed E-state index contributed by atoms with van der Waals surface area (Å²) in [7, 11) is 5.67. The summed E-state index contributed by atoms with van der Waals surface area (Å²) in [5.41, 5.74) is 0. The van der Waals surface area contributed by atoms with Gasteiger partial charge in [0.1, 0.15) is 0 Å². The Morgan fingerprint density at radius 2 is 1.12 bits per heavy atom. The van der Waals surface area contributed by atoms with Gasteiger partial charge in [0.2, 0.25) is 6.79 Å². The molecular weight excluding hydrogens is 426 g/mol. The van der Waals surface area contributed by atoms with E-state index in [1.54, 1.807) is 0 Å². The molecule has 0 heterocycles. The minimum atomic E-state index is -0.376. The Labute approximate surface area is 201 Å². The van der Waals surface area contributed by atoms with Crippen LogP contribution in [0.5, 0.6) is 0 Å². The molecule has 0 saturated heterocycles. The fourth-order valence-electron chi connectivity index (χ4n) is 2.40. The predicted octanol–water partition coefficient (Wildman–Crippen LogP) is 2.66. The number of halogens is 1. The van der Waals surface area contributed by atoms with Crippen LogP contribution in [0.1, 0.15) is 58.3 Å². The Morgan fingerprint density at radius 3 is 1.59 bits per heavy atom. The Hall–Kier alpha value is -2.11. The molecule has 0 radical (unpaired) electrons. The van der Waals surface area contributed by atoms with Crippen LogP contribution in [0.3, 0.4) is 0 Å². The highest BCUT2D eigenvalue weighted by molar-refractivity contribution is 5.71. The third kappa shape index (κ3) is 25.9.